The minimum atomic E-state index is -0.179. The molecule has 3 aromatic rings. The quantitative estimate of drug-likeness (QED) is 0.711. The zero-order valence-electron chi connectivity index (χ0n) is 16.1. The molecule has 0 bridgehead atoms. The number of hydrogen-bond acceptors (Lipinski definition) is 3. The van der Waals surface area contributed by atoms with E-state index in [-0.39, 0.29) is 11.8 Å². The molecule has 5 heteroatoms. The van der Waals surface area contributed by atoms with Crippen molar-refractivity contribution < 1.29 is 9.59 Å². The van der Waals surface area contributed by atoms with Crippen molar-refractivity contribution in [3.63, 3.8) is 0 Å². The molecular formula is C23H23N3O2. The van der Waals surface area contributed by atoms with Gasteiger partial charge in [-0.3, -0.25) is 14.6 Å². The second kappa shape index (κ2) is 8.95. The van der Waals surface area contributed by atoms with Gasteiger partial charge in [0.1, 0.15) is 0 Å². The normalized spacial score (nSPS) is 10.4. The maximum absolute atomic E-state index is 12.9. The molecule has 0 saturated heterocycles. The monoisotopic (exact) mass is 373 g/mol. The van der Waals surface area contributed by atoms with Crippen LogP contribution in [-0.2, 0) is 6.54 Å². The number of aryl methyl sites for hydroxylation is 1. The van der Waals surface area contributed by atoms with Crippen LogP contribution in [0.15, 0.2) is 73.1 Å². The zero-order valence-corrected chi connectivity index (χ0v) is 16.1. The maximum atomic E-state index is 12.9. The highest BCUT2D eigenvalue weighted by Gasteiger charge is 2.16. The Hall–Kier alpha value is -3.47. The van der Waals surface area contributed by atoms with Crippen LogP contribution in [0.3, 0.4) is 0 Å². The number of carbonyl (C=O) groups is 2. The molecule has 3 rings (SSSR count). The third kappa shape index (κ3) is 4.62. The van der Waals surface area contributed by atoms with Crippen LogP contribution < -0.4 is 10.2 Å². The highest BCUT2D eigenvalue weighted by atomic mass is 16.2. The Balaban J connectivity index is 1.68. The van der Waals surface area contributed by atoms with Gasteiger partial charge in [0.05, 0.1) is 0 Å². The van der Waals surface area contributed by atoms with Gasteiger partial charge in [-0.1, -0.05) is 12.1 Å². The molecule has 142 valence electrons. The summed E-state index contributed by atoms with van der Waals surface area (Å²) in [7, 11) is 0. The Bertz CT molecular complexity index is 953. The molecule has 1 aromatic heterocycles. The molecule has 1 N–H and O–H groups in total. The standard InChI is InChI=1S/C23H23N3O2/c1-3-26(21-6-4-5-17(2)15-21)23(28)20-9-7-19(8-10-20)22(27)25-16-18-11-13-24-14-12-18/h4-15H,3,16H2,1-2H3,(H,25,27). The molecule has 5 nitrogen and oxygen atoms in total. The van der Waals surface area contributed by atoms with E-state index in [0.717, 1.165) is 16.8 Å². The van der Waals surface area contributed by atoms with Gasteiger partial charge in [-0.05, 0) is 73.5 Å². The number of rotatable bonds is 6. The highest BCUT2D eigenvalue weighted by molar-refractivity contribution is 6.06. The predicted octanol–water partition coefficient (Wildman–Crippen LogP) is 3.99. The Morgan fingerprint density at radius 3 is 2.29 bits per heavy atom. The van der Waals surface area contributed by atoms with Crippen LogP contribution in [0.1, 0.15) is 38.8 Å². The first-order valence-corrected chi connectivity index (χ1v) is 9.24. The third-order valence-electron chi connectivity index (χ3n) is 4.47. The highest BCUT2D eigenvalue weighted by Crippen LogP contribution is 2.19. The van der Waals surface area contributed by atoms with Crippen molar-refractivity contribution in [1.82, 2.24) is 10.3 Å². The van der Waals surface area contributed by atoms with Crippen LogP contribution in [0.25, 0.3) is 0 Å². The van der Waals surface area contributed by atoms with Gasteiger partial charge >= 0.3 is 0 Å². The Morgan fingerprint density at radius 1 is 0.964 bits per heavy atom. The minimum absolute atomic E-state index is 0.0863. The van der Waals surface area contributed by atoms with E-state index in [4.69, 9.17) is 0 Å². The molecule has 2 amide bonds. The number of carbonyl (C=O) groups excluding carboxylic acids is 2. The van der Waals surface area contributed by atoms with Crippen LogP contribution in [0.2, 0.25) is 0 Å². The fraction of sp³-hybridized carbons (Fsp3) is 0.174. The fourth-order valence-electron chi connectivity index (χ4n) is 2.94. The van der Waals surface area contributed by atoms with Crippen molar-refractivity contribution in [2.24, 2.45) is 0 Å². The molecule has 0 radical (unpaired) electrons. The summed E-state index contributed by atoms with van der Waals surface area (Å²) in [5.41, 5.74) is 4.02. The number of amides is 2. The molecule has 2 aromatic carbocycles. The summed E-state index contributed by atoms with van der Waals surface area (Å²) in [6.45, 7) is 4.94. The molecule has 0 fully saturated rings. The number of anilines is 1. The number of nitrogens with zero attached hydrogens (tertiary/aromatic N) is 2. The van der Waals surface area contributed by atoms with Gasteiger partial charge in [-0.25, -0.2) is 0 Å². The number of benzene rings is 2. The molecule has 1 heterocycles. The number of nitrogens with one attached hydrogen (secondary N) is 1. The lowest BCUT2D eigenvalue weighted by Gasteiger charge is -2.21. The molecule has 0 unspecified atom stereocenters. The summed E-state index contributed by atoms with van der Waals surface area (Å²) in [6.07, 6.45) is 3.38. The van der Waals surface area contributed by atoms with Gasteiger partial charge in [0.2, 0.25) is 0 Å². The molecule has 0 aliphatic rings. The van der Waals surface area contributed by atoms with E-state index in [2.05, 4.69) is 10.3 Å². The molecule has 0 aliphatic carbocycles. The van der Waals surface area contributed by atoms with E-state index in [1.54, 1.807) is 41.6 Å². The first kappa shape index (κ1) is 19.3. The van der Waals surface area contributed by atoms with Gasteiger partial charge in [-0.15, -0.1) is 0 Å². The number of aromatic nitrogens is 1. The molecular weight excluding hydrogens is 350 g/mol. The zero-order chi connectivity index (χ0) is 19.9. The molecule has 0 aliphatic heterocycles. The topological polar surface area (TPSA) is 62.3 Å². The van der Waals surface area contributed by atoms with Crippen LogP contribution in [0.5, 0.6) is 0 Å². The molecule has 28 heavy (non-hydrogen) atoms. The minimum Gasteiger partial charge on any atom is -0.348 e. The Kier molecular flexibility index (Phi) is 6.17. The average molecular weight is 373 g/mol. The smallest absolute Gasteiger partial charge is 0.258 e. The van der Waals surface area contributed by atoms with Gasteiger partial charge < -0.3 is 10.2 Å². The summed E-state index contributed by atoms with van der Waals surface area (Å²) in [5, 5.41) is 2.87. The van der Waals surface area contributed by atoms with E-state index in [0.29, 0.717) is 24.2 Å². The fourth-order valence-corrected chi connectivity index (χ4v) is 2.94. The van der Waals surface area contributed by atoms with Gasteiger partial charge in [0.15, 0.2) is 0 Å². The van der Waals surface area contributed by atoms with Crippen molar-refractivity contribution in [3.8, 4) is 0 Å². The number of pyridine rings is 1. The predicted molar refractivity (Wildman–Crippen MR) is 110 cm³/mol. The summed E-state index contributed by atoms with van der Waals surface area (Å²) in [6, 6.07) is 18.3. The third-order valence-corrected chi connectivity index (χ3v) is 4.47. The van der Waals surface area contributed by atoms with E-state index >= 15 is 0 Å². The first-order chi connectivity index (χ1) is 13.6. The molecule has 0 saturated carbocycles. The lowest BCUT2D eigenvalue weighted by molar-refractivity contribution is 0.0947. The van der Waals surface area contributed by atoms with Crippen molar-refractivity contribution in [1.29, 1.82) is 0 Å². The SMILES string of the molecule is CCN(C(=O)c1ccc(C(=O)NCc2ccncc2)cc1)c1cccc(C)c1. The second-order valence-corrected chi connectivity index (χ2v) is 6.50. The van der Waals surface area contributed by atoms with Gasteiger partial charge in [0, 0.05) is 42.3 Å². The van der Waals surface area contributed by atoms with E-state index < -0.39 is 0 Å². The van der Waals surface area contributed by atoms with E-state index in [9.17, 15) is 9.59 Å². The lowest BCUT2D eigenvalue weighted by atomic mass is 10.1. The average Bonchev–Trinajstić information content (AvgIpc) is 2.73. The maximum Gasteiger partial charge on any atom is 0.258 e. The Labute approximate surface area is 165 Å². The van der Waals surface area contributed by atoms with Crippen molar-refractivity contribution >= 4 is 17.5 Å². The first-order valence-electron chi connectivity index (χ1n) is 9.24. The van der Waals surface area contributed by atoms with E-state index in [1.807, 2.05) is 50.2 Å². The molecule has 0 atom stereocenters. The lowest BCUT2D eigenvalue weighted by Crippen LogP contribution is -2.30. The van der Waals surface area contributed by atoms with Gasteiger partial charge in [0.25, 0.3) is 11.8 Å². The van der Waals surface area contributed by atoms with Crippen LogP contribution in [-0.4, -0.2) is 23.3 Å². The van der Waals surface area contributed by atoms with Crippen LogP contribution in [0.4, 0.5) is 5.69 Å². The number of hydrogen-bond donors (Lipinski definition) is 1. The van der Waals surface area contributed by atoms with Gasteiger partial charge in [-0.2, -0.15) is 0 Å². The van der Waals surface area contributed by atoms with E-state index in [1.165, 1.54) is 0 Å². The Morgan fingerprint density at radius 2 is 1.64 bits per heavy atom. The molecule has 0 spiro atoms. The van der Waals surface area contributed by atoms with Crippen molar-refractivity contribution in [2.75, 3.05) is 11.4 Å². The summed E-state index contributed by atoms with van der Waals surface area (Å²) in [5.74, 6) is -0.265. The summed E-state index contributed by atoms with van der Waals surface area (Å²) >= 11 is 0. The van der Waals surface area contributed by atoms with Crippen molar-refractivity contribution in [2.45, 2.75) is 20.4 Å². The summed E-state index contributed by atoms with van der Waals surface area (Å²) in [4.78, 5) is 30.9. The summed E-state index contributed by atoms with van der Waals surface area (Å²) < 4.78 is 0. The largest absolute Gasteiger partial charge is 0.348 e. The van der Waals surface area contributed by atoms with Crippen molar-refractivity contribution in [3.05, 3.63) is 95.3 Å². The second-order valence-electron chi connectivity index (χ2n) is 6.50. The van der Waals surface area contributed by atoms with Crippen LogP contribution >= 0.6 is 0 Å². The van der Waals surface area contributed by atoms with Crippen LogP contribution in [0, 0.1) is 6.92 Å².